The largest absolute Gasteiger partial charge is 0.478 e. The van der Waals surface area contributed by atoms with Crippen LogP contribution in [-0.2, 0) is 6.61 Å². The number of aliphatic hydroxyl groups is 1. The second-order valence-corrected chi connectivity index (χ2v) is 2.74. The third-order valence-electron chi connectivity index (χ3n) is 1.56. The van der Waals surface area contributed by atoms with Crippen LogP contribution in [0.2, 0.25) is 5.02 Å². The van der Waals surface area contributed by atoms with Crippen molar-refractivity contribution in [3.05, 3.63) is 34.1 Å². The van der Waals surface area contributed by atoms with Crippen molar-refractivity contribution in [3.63, 3.8) is 0 Å². The monoisotopic (exact) mass is 204 g/mol. The highest BCUT2D eigenvalue weighted by molar-refractivity contribution is 6.33. The van der Waals surface area contributed by atoms with E-state index >= 15 is 0 Å². The van der Waals surface area contributed by atoms with Crippen molar-refractivity contribution in [2.45, 2.75) is 6.61 Å². The molecule has 0 spiro atoms. The minimum atomic E-state index is -1.30. The Hall–Kier alpha value is -1.13. The minimum Gasteiger partial charge on any atom is -0.478 e. The molecule has 3 nitrogen and oxygen atoms in total. The summed E-state index contributed by atoms with van der Waals surface area (Å²) in [6.45, 7) is -0.508. The highest BCUT2D eigenvalue weighted by atomic mass is 35.5. The predicted octanol–water partition coefficient (Wildman–Crippen LogP) is 1.67. The Labute approximate surface area is 78.4 Å². The normalized spacial score (nSPS) is 10.1. The van der Waals surface area contributed by atoms with Gasteiger partial charge in [-0.3, -0.25) is 0 Å². The maximum atomic E-state index is 13.1. The van der Waals surface area contributed by atoms with Crippen molar-refractivity contribution in [2.24, 2.45) is 0 Å². The molecule has 13 heavy (non-hydrogen) atoms. The van der Waals surface area contributed by atoms with Crippen molar-refractivity contribution in [3.8, 4) is 0 Å². The van der Waals surface area contributed by atoms with Gasteiger partial charge in [0.05, 0.1) is 17.2 Å². The van der Waals surface area contributed by atoms with Crippen LogP contribution >= 0.6 is 11.6 Å². The molecule has 0 saturated carbocycles. The molecular formula is C8H6ClFO3. The zero-order valence-electron chi connectivity index (χ0n) is 6.42. The Morgan fingerprint density at radius 1 is 1.54 bits per heavy atom. The molecular weight excluding hydrogens is 199 g/mol. The molecule has 0 unspecified atom stereocenters. The molecule has 2 N–H and O–H groups in total. The SMILES string of the molecule is O=C(O)c1ccc(CO)c(F)c1Cl. The first-order chi connectivity index (χ1) is 6.07. The number of carboxylic acids is 1. The zero-order chi connectivity index (χ0) is 10.0. The molecule has 70 valence electrons. The molecule has 0 atom stereocenters. The smallest absolute Gasteiger partial charge is 0.337 e. The number of aliphatic hydroxyl groups excluding tert-OH is 1. The summed E-state index contributed by atoms with van der Waals surface area (Å²) in [5.41, 5.74) is -0.327. The molecule has 1 aromatic rings. The maximum absolute atomic E-state index is 13.1. The summed E-state index contributed by atoms with van der Waals surface area (Å²) in [6.07, 6.45) is 0. The van der Waals surface area contributed by atoms with Gasteiger partial charge < -0.3 is 10.2 Å². The number of hydrogen-bond acceptors (Lipinski definition) is 2. The quantitative estimate of drug-likeness (QED) is 0.771. The van der Waals surface area contributed by atoms with E-state index in [1.165, 1.54) is 6.07 Å². The third-order valence-corrected chi connectivity index (χ3v) is 1.93. The van der Waals surface area contributed by atoms with E-state index < -0.39 is 23.4 Å². The number of benzene rings is 1. The first kappa shape index (κ1) is 9.95. The van der Waals surface area contributed by atoms with E-state index in [9.17, 15) is 9.18 Å². The van der Waals surface area contributed by atoms with Gasteiger partial charge in [0.25, 0.3) is 0 Å². The second kappa shape index (κ2) is 3.72. The summed E-state index contributed by atoms with van der Waals surface area (Å²) < 4.78 is 13.1. The summed E-state index contributed by atoms with van der Waals surface area (Å²) in [7, 11) is 0. The topological polar surface area (TPSA) is 57.5 Å². The molecule has 0 saturated heterocycles. The number of carboxylic acid groups (broad SMARTS) is 1. The minimum absolute atomic E-state index is 0.0185. The van der Waals surface area contributed by atoms with E-state index in [-0.39, 0.29) is 11.1 Å². The number of rotatable bonds is 2. The molecule has 0 bridgehead atoms. The van der Waals surface area contributed by atoms with Gasteiger partial charge in [-0.25, -0.2) is 9.18 Å². The highest BCUT2D eigenvalue weighted by Gasteiger charge is 2.15. The van der Waals surface area contributed by atoms with Crippen LogP contribution < -0.4 is 0 Å². The molecule has 1 aromatic carbocycles. The molecule has 5 heteroatoms. The average Bonchev–Trinajstić information content (AvgIpc) is 2.09. The van der Waals surface area contributed by atoms with Crippen LogP contribution in [0.4, 0.5) is 4.39 Å². The van der Waals surface area contributed by atoms with Gasteiger partial charge in [-0.15, -0.1) is 0 Å². The van der Waals surface area contributed by atoms with Gasteiger partial charge in [-0.2, -0.15) is 0 Å². The summed E-state index contributed by atoms with van der Waals surface area (Å²) in [5, 5.41) is 16.7. The van der Waals surface area contributed by atoms with Gasteiger partial charge >= 0.3 is 5.97 Å². The van der Waals surface area contributed by atoms with E-state index in [0.29, 0.717) is 0 Å². The number of carbonyl (C=O) groups is 1. The Balaban J connectivity index is 3.31. The lowest BCUT2D eigenvalue weighted by atomic mass is 10.1. The Morgan fingerprint density at radius 2 is 2.15 bits per heavy atom. The van der Waals surface area contributed by atoms with Crippen molar-refractivity contribution in [1.29, 1.82) is 0 Å². The molecule has 0 aliphatic rings. The van der Waals surface area contributed by atoms with E-state index in [2.05, 4.69) is 0 Å². The molecule has 0 aliphatic carbocycles. The average molecular weight is 205 g/mol. The number of aromatic carboxylic acids is 1. The molecule has 0 aromatic heterocycles. The molecule has 0 aliphatic heterocycles. The summed E-state index contributed by atoms with van der Waals surface area (Å²) >= 11 is 5.41. The van der Waals surface area contributed by atoms with E-state index in [1.54, 1.807) is 0 Å². The van der Waals surface area contributed by atoms with Crippen LogP contribution in [0.25, 0.3) is 0 Å². The van der Waals surface area contributed by atoms with Gasteiger partial charge in [-0.05, 0) is 6.07 Å². The second-order valence-electron chi connectivity index (χ2n) is 2.36. The van der Waals surface area contributed by atoms with Crippen LogP contribution in [0.5, 0.6) is 0 Å². The van der Waals surface area contributed by atoms with Gasteiger partial charge in [0.1, 0.15) is 5.82 Å². The van der Waals surface area contributed by atoms with E-state index in [1.807, 2.05) is 0 Å². The van der Waals surface area contributed by atoms with Crippen molar-refractivity contribution < 1.29 is 19.4 Å². The van der Waals surface area contributed by atoms with Crippen LogP contribution in [0.1, 0.15) is 15.9 Å². The standard InChI is InChI=1S/C8H6ClFO3/c9-6-5(8(12)13)2-1-4(3-11)7(6)10/h1-2,11H,3H2,(H,12,13). The predicted molar refractivity (Wildman–Crippen MR) is 44.3 cm³/mol. The van der Waals surface area contributed by atoms with Gasteiger partial charge in [0.15, 0.2) is 0 Å². The van der Waals surface area contributed by atoms with Crippen molar-refractivity contribution in [1.82, 2.24) is 0 Å². The summed E-state index contributed by atoms with van der Waals surface area (Å²) in [4.78, 5) is 10.5. The van der Waals surface area contributed by atoms with Gasteiger partial charge in [0, 0.05) is 5.56 Å². The lowest BCUT2D eigenvalue weighted by Gasteiger charge is -2.03. The number of hydrogen-bond donors (Lipinski definition) is 2. The fourth-order valence-electron chi connectivity index (χ4n) is 0.877. The zero-order valence-corrected chi connectivity index (χ0v) is 7.18. The molecule has 0 fully saturated rings. The van der Waals surface area contributed by atoms with Crippen LogP contribution in [0.15, 0.2) is 12.1 Å². The molecule has 0 radical (unpaired) electrons. The number of halogens is 2. The molecule has 0 heterocycles. The van der Waals surface area contributed by atoms with Gasteiger partial charge in [-0.1, -0.05) is 17.7 Å². The van der Waals surface area contributed by atoms with E-state index in [0.717, 1.165) is 6.07 Å². The van der Waals surface area contributed by atoms with E-state index in [4.69, 9.17) is 21.8 Å². The fourth-order valence-corrected chi connectivity index (χ4v) is 1.14. The molecule has 1 rings (SSSR count). The molecule has 0 amide bonds. The van der Waals surface area contributed by atoms with Crippen molar-refractivity contribution in [2.75, 3.05) is 0 Å². The summed E-state index contributed by atoms with van der Waals surface area (Å²) in [5.74, 6) is -2.18. The maximum Gasteiger partial charge on any atom is 0.337 e. The first-order valence-electron chi connectivity index (χ1n) is 3.39. The highest BCUT2D eigenvalue weighted by Crippen LogP contribution is 2.23. The Kier molecular flexibility index (Phi) is 2.85. The van der Waals surface area contributed by atoms with Crippen molar-refractivity contribution >= 4 is 17.6 Å². The van der Waals surface area contributed by atoms with Crippen LogP contribution in [0, 0.1) is 5.82 Å². The Bertz CT molecular complexity index is 351. The Morgan fingerprint density at radius 3 is 2.62 bits per heavy atom. The lowest BCUT2D eigenvalue weighted by Crippen LogP contribution is -2.01. The van der Waals surface area contributed by atoms with Crippen LogP contribution in [0.3, 0.4) is 0 Å². The van der Waals surface area contributed by atoms with Gasteiger partial charge in [0.2, 0.25) is 0 Å². The first-order valence-corrected chi connectivity index (χ1v) is 3.76. The van der Waals surface area contributed by atoms with Crippen LogP contribution in [-0.4, -0.2) is 16.2 Å². The lowest BCUT2D eigenvalue weighted by molar-refractivity contribution is 0.0696. The fraction of sp³-hybridized carbons (Fsp3) is 0.125. The third kappa shape index (κ3) is 1.79. The summed E-state index contributed by atoms with van der Waals surface area (Å²) in [6, 6.07) is 2.34.